The molecule has 0 saturated carbocycles. The normalized spacial score (nSPS) is 21.8. The van der Waals surface area contributed by atoms with E-state index in [1.165, 1.54) is 29.7 Å². The van der Waals surface area contributed by atoms with Crippen molar-refractivity contribution in [3.63, 3.8) is 0 Å². The summed E-state index contributed by atoms with van der Waals surface area (Å²) in [5.41, 5.74) is 0. The zero-order valence-electron chi connectivity index (χ0n) is 10.7. The summed E-state index contributed by atoms with van der Waals surface area (Å²) in [5, 5.41) is 13.8. The van der Waals surface area contributed by atoms with E-state index in [1.807, 2.05) is 0 Å². The van der Waals surface area contributed by atoms with Crippen LogP contribution in [0.2, 0.25) is 0 Å². The first-order valence-corrected chi connectivity index (χ1v) is 7.87. The van der Waals surface area contributed by atoms with Crippen molar-refractivity contribution in [2.75, 3.05) is 18.9 Å². The van der Waals surface area contributed by atoms with Gasteiger partial charge in [0.05, 0.1) is 5.75 Å². The Hall–Kier alpha value is -1.44. The SMILES string of the molecule is O=S1(=O)C=CC(NCC(O)COc2ccc(F)cc2)C1. The summed E-state index contributed by atoms with van der Waals surface area (Å²) in [5.74, 6) is 0.126. The van der Waals surface area contributed by atoms with Crippen molar-refractivity contribution in [1.82, 2.24) is 5.32 Å². The number of aliphatic hydroxyl groups excluding tert-OH is 1. The van der Waals surface area contributed by atoms with E-state index in [0.717, 1.165) is 0 Å². The minimum Gasteiger partial charge on any atom is -0.491 e. The lowest BCUT2D eigenvalue weighted by Crippen LogP contribution is -2.38. The molecular weight excluding hydrogens is 285 g/mol. The van der Waals surface area contributed by atoms with Crippen molar-refractivity contribution in [3.05, 3.63) is 41.6 Å². The molecule has 0 aromatic heterocycles. The Bertz CT molecular complexity index is 571. The van der Waals surface area contributed by atoms with Crippen molar-refractivity contribution in [3.8, 4) is 5.75 Å². The molecule has 7 heteroatoms. The molecule has 1 aromatic carbocycles. The van der Waals surface area contributed by atoms with Gasteiger partial charge in [0.1, 0.15) is 24.3 Å². The summed E-state index contributed by atoms with van der Waals surface area (Å²) in [6.07, 6.45) is 0.778. The minimum atomic E-state index is -3.09. The Morgan fingerprint density at radius 3 is 2.70 bits per heavy atom. The lowest BCUT2D eigenvalue weighted by atomic mass is 10.3. The molecule has 2 unspecified atom stereocenters. The van der Waals surface area contributed by atoms with Gasteiger partial charge in [-0.15, -0.1) is 0 Å². The summed E-state index contributed by atoms with van der Waals surface area (Å²) < 4.78 is 40.3. The second-order valence-electron chi connectivity index (χ2n) is 4.59. The number of hydrogen-bond acceptors (Lipinski definition) is 5. The molecule has 0 spiro atoms. The van der Waals surface area contributed by atoms with E-state index < -0.39 is 15.9 Å². The molecule has 1 aliphatic rings. The maximum Gasteiger partial charge on any atom is 0.173 e. The van der Waals surface area contributed by atoms with E-state index in [2.05, 4.69) is 5.32 Å². The van der Waals surface area contributed by atoms with Gasteiger partial charge in [0.2, 0.25) is 0 Å². The van der Waals surface area contributed by atoms with Crippen LogP contribution in [-0.2, 0) is 9.84 Å². The van der Waals surface area contributed by atoms with Gasteiger partial charge in [0.25, 0.3) is 0 Å². The van der Waals surface area contributed by atoms with E-state index in [9.17, 15) is 17.9 Å². The van der Waals surface area contributed by atoms with Gasteiger partial charge in [0, 0.05) is 18.0 Å². The first kappa shape index (κ1) is 15.0. The van der Waals surface area contributed by atoms with Crippen molar-refractivity contribution in [2.24, 2.45) is 0 Å². The highest BCUT2D eigenvalue weighted by Crippen LogP contribution is 2.11. The second-order valence-corrected chi connectivity index (χ2v) is 6.52. The van der Waals surface area contributed by atoms with Crippen LogP contribution in [0.1, 0.15) is 0 Å². The van der Waals surface area contributed by atoms with Crippen molar-refractivity contribution < 1.29 is 22.7 Å². The average molecular weight is 301 g/mol. The molecule has 1 aliphatic heterocycles. The third-order valence-electron chi connectivity index (χ3n) is 2.80. The summed E-state index contributed by atoms with van der Waals surface area (Å²) in [7, 11) is -3.09. The Morgan fingerprint density at radius 2 is 2.10 bits per heavy atom. The Kier molecular flexibility index (Phi) is 4.74. The number of ether oxygens (including phenoxy) is 1. The predicted molar refractivity (Wildman–Crippen MR) is 72.6 cm³/mol. The quantitative estimate of drug-likeness (QED) is 0.798. The summed E-state index contributed by atoms with van der Waals surface area (Å²) >= 11 is 0. The molecular formula is C13H16FNO4S. The third-order valence-corrected chi connectivity index (χ3v) is 4.20. The summed E-state index contributed by atoms with van der Waals surface area (Å²) in [6, 6.07) is 5.21. The fraction of sp³-hybridized carbons (Fsp3) is 0.385. The minimum absolute atomic E-state index is 0.0124. The molecule has 1 heterocycles. The number of benzene rings is 1. The van der Waals surface area contributed by atoms with E-state index in [-0.39, 0.29) is 30.8 Å². The molecule has 0 amide bonds. The second kappa shape index (κ2) is 6.34. The van der Waals surface area contributed by atoms with Gasteiger partial charge in [-0.05, 0) is 24.3 Å². The van der Waals surface area contributed by atoms with Gasteiger partial charge in [0.15, 0.2) is 9.84 Å². The van der Waals surface area contributed by atoms with Crippen LogP contribution >= 0.6 is 0 Å². The van der Waals surface area contributed by atoms with E-state index in [0.29, 0.717) is 5.75 Å². The number of hydrogen-bond donors (Lipinski definition) is 2. The van der Waals surface area contributed by atoms with E-state index in [1.54, 1.807) is 6.08 Å². The zero-order valence-corrected chi connectivity index (χ0v) is 11.5. The molecule has 0 saturated heterocycles. The molecule has 0 bridgehead atoms. The standard InChI is InChI=1S/C13H16FNO4S/c14-10-1-3-13(4-2-10)19-8-12(16)7-15-11-5-6-20(17,18)9-11/h1-6,11-12,15-16H,7-9H2. The Labute approximate surface area is 117 Å². The van der Waals surface area contributed by atoms with Crippen LogP contribution in [0.25, 0.3) is 0 Å². The third kappa shape index (κ3) is 4.59. The van der Waals surface area contributed by atoms with Gasteiger partial charge in [-0.2, -0.15) is 0 Å². The molecule has 20 heavy (non-hydrogen) atoms. The van der Waals surface area contributed by atoms with Crippen molar-refractivity contribution >= 4 is 9.84 Å². The molecule has 2 N–H and O–H groups in total. The number of sulfone groups is 1. The van der Waals surface area contributed by atoms with Crippen LogP contribution in [0.3, 0.4) is 0 Å². The van der Waals surface area contributed by atoms with Crippen LogP contribution in [0.4, 0.5) is 4.39 Å². The van der Waals surface area contributed by atoms with Crippen LogP contribution in [0.5, 0.6) is 5.75 Å². The fourth-order valence-corrected chi connectivity index (χ4v) is 3.04. The molecule has 0 radical (unpaired) electrons. The highest BCUT2D eigenvalue weighted by molar-refractivity contribution is 7.94. The van der Waals surface area contributed by atoms with Gasteiger partial charge >= 0.3 is 0 Å². The lowest BCUT2D eigenvalue weighted by molar-refractivity contribution is 0.105. The molecule has 0 fully saturated rings. The van der Waals surface area contributed by atoms with Gasteiger partial charge in [-0.3, -0.25) is 0 Å². The lowest BCUT2D eigenvalue weighted by Gasteiger charge is -2.15. The summed E-state index contributed by atoms with van der Waals surface area (Å²) in [4.78, 5) is 0. The van der Waals surface area contributed by atoms with Gasteiger partial charge in [-0.1, -0.05) is 6.08 Å². The van der Waals surface area contributed by atoms with Gasteiger partial charge in [-0.25, -0.2) is 12.8 Å². The molecule has 2 atom stereocenters. The Balaban J connectivity index is 1.69. The maximum absolute atomic E-state index is 12.7. The van der Waals surface area contributed by atoms with Crippen LogP contribution < -0.4 is 10.1 Å². The first-order valence-electron chi connectivity index (χ1n) is 6.15. The maximum atomic E-state index is 12.7. The molecule has 0 aliphatic carbocycles. The highest BCUT2D eigenvalue weighted by Gasteiger charge is 2.21. The fourth-order valence-electron chi connectivity index (χ4n) is 1.77. The largest absolute Gasteiger partial charge is 0.491 e. The summed E-state index contributed by atoms with van der Waals surface area (Å²) in [6.45, 7) is 0.257. The number of nitrogens with one attached hydrogen (secondary N) is 1. The van der Waals surface area contributed by atoms with E-state index >= 15 is 0 Å². The smallest absolute Gasteiger partial charge is 0.173 e. The molecule has 5 nitrogen and oxygen atoms in total. The number of halogens is 1. The van der Waals surface area contributed by atoms with Crippen LogP contribution in [0.15, 0.2) is 35.7 Å². The van der Waals surface area contributed by atoms with E-state index in [4.69, 9.17) is 4.74 Å². The molecule has 110 valence electrons. The average Bonchev–Trinajstić information content (AvgIpc) is 2.75. The topological polar surface area (TPSA) is 75.6 Å². The predicted octanol–water partition coefficient (Wildman–Crippen LogP) is 0.466. The monoisotopic (exact) mass is 301 g/mol. The van der Waals surface area contributed by atoms with Crippen LogP contribution in [-0.4, -0.2) is 44.6 Å². The number of rotatable bonds is 6. The molecule has 2 rings (SSSR count). The van der Waals surface area contributed by atoms with Crippen molar-refractivity contribution in [1.29, 1.82) is 0 Å². The van der Waals surface area contributed by atoms with Crippen LogP contribution in [0, 0.1) is 5.82 Å². The highest BCUT2D eigenvalue weighted by atomic mass is 32.2. The van der Waals surface area contributed by atoms with Crippen molar-refractivity contribution in [2.45, 2.75) is 12.1 Å². The zero-order chi connectivity index (χ0) is 14.6. The molecule has 1 aromatic rings. The van der Waals surface area contributed by atoms with Gasteiger partial charge < -0.3 is 15.2 Å². The Morgan fingerprint density at radius 1 is 1.40 bits per heavy atom. The first-order chi connectivity index (χ1) is 9.44. The number of aliphatic hydroxyl groups is 1.